The van der Waals surface area contributed by atoms with E-state index >= 15 is 0 Å². The maximum Gasteiger partial charge on any atom is 0.255 e. The van der Waals surface area contributed by atoms with Crippen molar-refractivity contribution in [3.63, 3.8) is 0 Å². The summed E-state index contributed by atoms with van der Waals surface area (Å²) in [6, 6.07) is 2.31. The van der Waals surface area contributed by atoms with Crippen LogP contribution in [0, 0.1) is 17.8 Å². The molecule has 0 atom stereocenters. The summed E-state index contributed by atoms with van der Waals surface area (Å²) in [5.41, 5.74) is 0.746. The number of carbonyl (C=O) groups is 1. The lowest BCUT2D eigenvalue weighted by atomic mass is 10.2. The van der Waals surface area contributed by atoms with E-state index in [4.69, 9.17) is 5.11 Å². The highest BCUT2D eigenvalue weighted by Gasteiger charge is 2.33. The minimum absolute atomic E-state index is 0.0774. The topological polar surface area (TPSA) is 40.5 Å². The normalized spacial score (nSPS) is 14.0. The number of hydrogen-bond donors (Lipinski definition) is 1. The third-order valence-corrected chi connectivity index (χ3v) is 3.95. The van der Waals surface area contributed by atoms with Crippen LogP contribution in [0.2, 0.25) is 0 Å². The first-order valence-corrected chi connectivity index (χ1v) is 7.99. The molecule has 1 aliphatic rings. The van der Waals surface area contributed by atoms with E-state index in [1.165, 1.54) is 11.3 Å². The lowest BCUT2D eigenvalue weighted by Crippen LogP contribution is -2.35. The van der Waals surface area contributed by atoms with Gasteiger partial charge in [0.05, 0.1) is 17.0 Å². The van der Waals surface area contributed by atoms with Crippen LogP contribution in [0.5, 0.6) is 0 Å². The van der Waals surface area contributed by atoms with Crippen LogP contribution in [-0.2, 0) is 0 Å². The number of amides is 1. The van der Waals surface area contributed by atoms with Crippen LogP contribution >= 0.6 is 11.3 Å². The van der Waals surface area contributed by atoms with Gasteiger partial charge in [0.25, 0.3) is 5.91 Å². The molecule has 3 nitrogen and oxygen atoms in total. The summed E-state index contributed by atoms with van der Waals surface area (Å²) in [4.78, 5) is 15.5. The summed E-state index contributed by atoms with van der Waals surface area (Å²) in [6.07, 6.45) is 2.74. The van der Waals surface area contributed by atoms with Gasteiger partial charge in [-0.25, -0.2) is 0 Å². The minimum atomic E-state index is 0.0774. The first-order valence-electron chi connectivity index (χ1n) is 7.11. The molecule has 0 bridgehead atoms. The predicted octanol–water partition coefficient (Wildman–Crippen LogP) is 2.74. The van der Waals surface area contributed by atoms with Gasteiger partial charge in [-0.05, 0) is 24.8 Å². The standard InChI is InChI=1S/C16H21NO2S/c1-12(2)10-17(14-6-7-14)16(19)13-9-15(20-11-13)5-3-4-8-18/h9,11-12,14,18H,4,6-8,10H2,1-2H3. The molecule has 0 aromatic carbocycles. The molecular weight excluding hydrogens is 270 g/mol. The molecule has 1 amide bonds. The van der Waals surface area contributed by atoms with Crippen molar-refractivity contribution in [2.24, 2.45) is 5.92 Å². The Morgan fingerprint density at radius 2 is 2.30 bits per heavy atom. The van der Waals surface area contributed by atoms with E-state index < -0.39 is 0 Å². The SMILES string of the molecule is CC(C)CN(C(=O)c1csc(C#CCCO)c1)C1CC1. The third kappa shape index (κ3) is 4.09. The maximum absolute atomic E-state index is 12.5. The van der Waals surface area contributed by atoms with E-state index in [-0.39, 0.29) is 12.5 Å². The number of carbonyl (C=O) groups excluding carboxylic acids is 1. The van der Waals surface area contributed by atoms with Crippen molar-refractivity contribution in [3.05, 3.63) is 21.9 Å². The van der Waals surface area contributed by atoms with Crippen LogP contribution in [0.15, 0.2) is 11.4 Å². The molecule has 1 aliphatic carbocycles. The number of rotatable bonds is 5. The van der Waals surface area contributed by atoms with Crippen molar-refractivity contribution in [1.82, 2.24) is 4.90 Å². The van der Waals surface area contributed by atoms with Crippen molar-refractivity contribution < 1.29 is 9.90 Å². The molecule has 0 unspecified atom stereocenters. The van der Waals surface area contributed by atoms with Crippen molar-refractivity contribution >= 4 is 17.2 Å². The fourth-order valence-electron chi connectivity index (χ4n) is 2.06. The van der Waals surface area contributed by atoms with Gasteiger partial charge >= 0.3 is 0 Å². The van der Waals surface area contributed by atoms with E-state index in [1.54, 1.807) is 0 Å². The molecule has 108 valence electrons. The fourth-order valence-corrected chi connectivity index (χ4v) is 2.81. The molecule has 1 heterocycles. The summed E-state index contributed by atoms with van der Waals surface area (Å²) in [6.45, 7) is 5.18. The Morgan fingerprint density at radius 1 is 1.55 bits per heavy atom. The van der Waals surface area contributed by atoms with Gasteiger partial charge < -0.3 is 10.0 Å². The van der Waals surface area contributed by atoms with Crippen molar-refractivity contribution in [2.75, 3.05) is 13.2 Å². The van der Waals surface area contributed by atoms with E-state index in [2.05, 4.69) is 25.7 Å². The van der Waals surface area contributed by atoms with Crippen molar-refractivity contribution in [3.8, 4) is 11.8 Å². The van der Waals surface area contributed by atoms with Crippen LogP contribution in [0.25, 0.3) is 0 Å². The third-order valence-electron chi connectivity index (χ3n) is 3.11. The number of hydrogen-bond acceptors (Lipinski definition) is 3. The van der Waals surface area contributed by atoms with E-state index in [9.17, 15) is 4.79 Å². The Kier molecular flexibility index (Phi) is 5.22. The smallest absolute Gasteiger partial charge is 0.255 e. The molecular formula is C16H21NO2S. The highest BCUT2D eigenvalue weighted by molar-refractivity contribution is 7.10. The zero-order chi connectivity index (χ0) is 14.5. The van der Waals surface area contributed by atoms with Gasteiger partial charge in [-0.15, -0.1) is 11.3 Å². The number of thiophene rings is 1. The summed E-state index contributed by atoms with van der Waals surface area (Å²) < 4.78 is 0. The molecule has 20 heavy (non-hydrogen) atoms. The highest BCUT2D eigenvalue weighted by atomic mass is 32.1. The maximum atomic E-state index is 12.5. The Hall–Kier alpha value is -1.31. The molecule has 4 heteroatoms. The molecule has 0 saturated heterocycles. The largest absolute Gasteiger partial charge is 0.395 e. The highest BCUT2D eigenvalue weighted by Crippen LogP contribution is 2.29. The lowest BCUT2D eigenvalue weighted by molar-refractivity contribution is 0.0723. The Balaban J connectivity index is 2.06. The number of aliphatic hydroxyl groups is 1. The van der Waals surface area contributed by atoms with Crippen LogP contribution in [0.4, 0.5) is 0 Å². The van der Waals surface area contributed by atoms with E-state index in [1.807, 2.05) is 16.3 Å². The second-order valence-corrected chi connectivity index (χ2v) is 6.47. The Morgan fingerprint density at radius 3 is 2.90 bits per heavy atom. The first-order chi connectivity index (χ1) is 9.61. The molecule has 1 N–H and O–H groups in total. The van der Waals surface area contributed by atoms with Gasteiger partial charge in [-0.1, -0.05) is 25.7 Å². The van der Waals surface area contributed by atoms with Crippen LogP contribution in [0.1, 0.15) is 48.3 Å². The number of aliphatic hydroxyl groups excluding tert-OH is 1. The summed E-state index contributed by atoms with van der Waals surface area (Å²) >= 11 is 1.49. The van der Waals surface area contributed by atoms with Gasteiger partial charge in [0.15, 0.2) is 0 Å². The molecule has 1 fully saturated rings. The Bertz CT molecular complexity index is 520. The monoisotopic (exact) mass is 291 g/mol. The predicted molar refractivity (Wildman–Crippen MR) is 81.8 cm³/mol. The van der Waals surface area contributed by atoms with E-state index in [0.29, 0.717) is 18.4 Å². The van der Waals surface area contributed by atoms with Gasteiger partial charge in [-0.3, -0.25) is 4.79 Å². The average Bonchev–Trinajstić information content (AvgIpc) is 3.14. The van der Waals surface area contributed by atoms with Gasteiger partial charge in [-0.2, -0.15) is 0 Å². The summed E-state index contributed by atoms with van der Waals surface area (Å²) in [5, 5.41) is 10.6. The van der Waals surface area contributed by atoms with Gasteiger partial charge in [0.2, 0.25) is 0 Å². The molecule has 1 aromatic heterocycles. The quantitative estimate of drug-likeness (QED) is 0.847. The van der Waals surface area contributed by atoms with Crippen molar-refractivity contribution in [1.29, 1.82) is 0 Å². The lowest BCUT2D eigenvalue weighted by Gasteiger charge is -2.23. The van der Waals surface area contributed by atoms with Crippen molar-refractivity contribution in [2.45, 2.75) is 39.2 Å². The zero-order valence-corrected chi connectivity index (χ0v) is 12.9. The Labute approximate surface area is 124 Å². The minimum Gasteiger partial charge on any atom is -0.395 e. The second kappa shape index (κ2) is 6.92. The molecule has 1 aromatic rings. The van der Waals surface area contributed by atoms with Crippen LogP contribution < -0.4 is 0 Å². The molecule has 0 radical (unpaired) electrons. The zero-order valence-electron chi connectivity index (χ0n) is 12.1. The molecule has 0 aliphatic heterocycles. The van der Waals surface area contributed by atoms with E-state index in [0.717, 1.165) is 29.8 Å². The second-order valence-electron chi connectivity index (χ2n) is 5.56. The van der Waals surface area contributed by atoms with Crippen LogP contribution in [-0.4, -0.2) is 35.1 Å². The van der Waals surface area contributed by atoms with Gasteiger partial charge in [0.1, 0.15) is 0 Å². The molecule has 0 spiro atoms. The summed E-state index contributed by atoms with van der Waals surface area (Å²) in [7, 11) is 0. The average molecular weight is 291 g/mol. The number of nitrogens with zero attached hydrogens (tertiary/aromatic N) is 1. The first kappa shape index (κ1) is 15.1. The van der Waals surface area contributed by atoms with Crippen LogP contribution in [0.3, 0.4) is 0 Å². The molecule has 1 saturated carbocycles. The van der Waals surface area contributed by atoms with Gasteiger partial charge in [0, 0.05) is 24.4 Å². The molecule has 2 rings (SSSR count). The summed E-state index contributed by atoms with van der Waals surface area (Å²) in [5.74, 6) is 6.49. The fraction of sp³-hybridized carbons (Fsp3) is 0.562.